The van der Waals surface area contributed by atoms with Gasteiger partial charge in [-0.2, -0.15) is 26.3 Å². The van der Waals surface area contributed by atoms with Crippen LogP contribution in [0.15, 0.2) is 36.4 Å². The highest BCUT2D eigenvalue weighted by Gasteiger charge is 2.64. The zero-order chi connectivity index (χ0) is 24.8. The van der Waals surface area contributed by atoms with Crippen molar-refractivity contribution in [2.75, 3.05) is 10.8 Å². The van der Waals surface area contributed by atoms with E-state index >= 15 is 0 Å². The van der Waals surface area contributed by atoms with Crippen molar-refractivity contribution < 1.29 is 39.5 Å². The summed E-state index contributed by atoms with van der Waals surface area (Å²) in [5, 5.41) is 1.94. The maximum atomic E-state index is 14.1. The molecule has 2 atom stereocenters. The summed E-state index contributed by atoms with van der Waals surface area (Å²) >= 11 is 8.83. The number of amides is 1. The van der Waals surface area contributed by atoms with Crippen LogP contribution < -0.4 is 9.62 Å². The van der Waals surface area contributed by atoms with Crippen LogP contribution in [-0.4, -0.2) is 22.8 Å². The molecule has 0 bridgehead atoms. The largest absolute Gasteiger partial charge is 0.424 e. The molecule has 2 aromatic carbocycles. The highest BCUT2D eigenvalue weighted by atomic mass is 35.5. The van der Waals surface area contributed by atoms with Crippen LogP contribution in [0.5, 0.6) is 0 Å². The number of hydrogen-bond acceptors (Lipinski definition) is 3. The Labute approximate surface area is 196 Å². The van der Waals surface area contributed by atoms with E-state index in [0.717, 1.165) is 31.2 Å². The van der Waals surface area contributed by atoms with Crippen LogP contribution in [0.1, 0.15) is 23.6 Å². The number of carbonyl (C=O) groups is 1. The van der Waals surface area contributed by atoms with Crippen molar-refractivity contribution >= 4 is 46.1 Å². The monoisotopic (exact) mass is 534 g/mol. The van der Waals surface area contributed by atoms with E-state index < -0.39 is 65.0 Å². The fourth-order valence-electron chi connectivity index (χ4n) is 3.21. The number of carbonyl (C=O) groups excluding carboxylic acids is 1. The molecule has 1 fully saturated rings. The van der Waals surface area contributed by atoms with Gasteiger partial charge in [0.15, 0.2) is 0 Å². The van der Waals surface area contributed by atoms with E-state index in [1.807, 2.05) is 0 Å². The molecule has 0 radical (unpaired) electrons. The van der Waals surface area contributed by atoms with Gasteiger partial charge in [-0.1, -0.05) is 29.3 Å². The molecule has 1 aliphatic rings. The Morgan fingerprint density at radius 2 is 1.73 bits per heavy atom. The van der Waals surface area contributed by atoms with Crippen molar-refractivity contribution in [1.82, 2.24) is 5.32 Å². The molecule has 0 spiro atoms. The SMILES string of the molecule is CC(=O)NCc1ccc(N2CC(c3cc(Cl)cc(Cl)c3)(C(F)(F)F)OS2=O)cc1C(F)(F)F. The Bertz CT molecular complexity index is 1090. The summed E-state index contributed by atoms with van der Waals surface area (Å²) in [4.78, 5) is 11.1. The quantitative estimate of drug-likeness (QED) is 0.525. The van der Waals surface area contributed by atoms with E-state index in [1.165, 1.54) is 6.07 Å². The summed E-state index contributed by atoms with van der Waals surface area (Å²) in [5.74, 6) is -0.573. The predicted molar refractivity (Wildman–Crippen MR) is 110 cm³/mol. The first kappa shape index (κ1) is 25.6. The third-order valence-electron chi connectivity index (χ3n) is 4.76. The van der Waals surface area contributed by atoms with E-state index in [4.69, 9.17) is 27.4 Å². The summed E-state index contributed by atoms with van der Waals surface area (Å²) in [6, 6.07) is 5.64. The van der Waals surface area contributed by atoms with E-state index in [9.17, 15) is 35.3 Å². The van der Waals surface area contributed by atoms with Gasteiger partial charge in [0, 0.05) is 23.5 Å². The molecule has 14 heteroatoms. The van der Waals surface area contributed by atoms with Crippen LogP contribution in [-0.2, 0) is 38.6 Å². The average Bonchev–Trinajstić information content (AvgIpc) is 3.03. The van der Waals surface area contributed by atoms with Crippen molar-refractivity contribution in [3.05, 3.63) is 63.1 Å². The van der Waals surface area contributed by atoms with Gasteiger partial charge < -0.3 is 5.32 Å². The maximum Gasteiger partial charge on any atom is 0.424 e. The van der Waals surface area contributed by atoms with Crippen LogP contribution in [0, 0.1) is 0 Å². The van der Waals surface area contributed by atoms with Gasteiger partial charge in [-0.05, 0) is 41.5 Å². The van der Waals surface area contributed by atoms with Crippen molar-refractivity contribution in [2.45, 2.75) is 31.4 Å². The topological polar surface area (TPSA) is 58.6 Å². The number of hydrogen-bond donors (Lipinski definition) is 1. The molecule has 33 heavy (non-hydrogen) atoms. The summed E-state index contributed by atoms with van der Waals surface area (Å²) in [6.07, 6.45) is -10.0. The minimum absolute atomic E-state index is 0.143. The third kappa shape index (κ3) is 5.23. The van der Waals surface area contributed by atoms with Gasteiger partial charge in [0.05, 0.1) is 17.8 Å². The number of nitrogens with zero attached hydrogens (tertiary/aromatic N) is 1. The number of rotatable bonds is 4. The van der Waals surface area contributed by atoms with Crippen LogP contribution in [0.25, 0.3) is 0 Å². The zero-order valence-electron chi connectivity index (χ0n) is 16.5. The minimum atomic E-state index is -5.12. The standard InChI is InChI=1S/C19H14Cl2F6N2O3S/c1-10(30)28-8-11-2-3-15(7-16(11)18(22,23)24)29-9-17(19(25,26)27,32-33(29)31)12-4-13(20)6-14(21)5-12/h2-7H,8-9H2,1H3,(H,28,30). The van der Waals surface area contributed by atoms with Gasteiger partial charge in [0.25, 0.3) is 11.3 Å². The lowest BCUT2D eigenvalue weighted by atomic mass is 9.92. The van der Waals surface area contributed by atoms with Crippen LogP contribution in [0.4, 0.5) is 32.0 Å². The number of benzene rings is 2. The van der Waals surface area contributed by atoms with E-state index in [1.54, 1.807) is 0 Å². The second-order valence-electron chi connectivity index (χ2n) is 7.07. The average molecular weight is 535 g/mol. The second-order valence-corrected chi connectivity index (χ2v) is 8.98. The lowest BCUT2D eigenvalue weighted by molar-refractivity contribution is -0.242. The Kier molecular flexibility index (Phi) is 6.96. The molecule has 0 saturated carbocycles. The number of anilines is 1. The van der Waals surface area contributed by atoms with Gasteiger partial charge in [-0.25, -0.2) is 4.21 Å². The van der Waals surface area contributed by atoms with Crippen LogP contribution >= 0.6 is 23.2 Å². The summed E-state index contributed by atoms with van der Waals surface area (Å²) in [7, 11) is 0. The fraction of sp³-hybridized carbons (Fsp3) is 0.316. The summed E-state index contributed by atoms with van der Waals surface area (Å²) < 4.78 is 101. The van der Waals surface area contributed by atoms with Crippen molar-refractivity contribution in [3.63, 3.8) is 0 Å². The molecule has 1 heterocycles. The number of halogens is 8. The van der Waals surface area contributed by atoms with Gasteiger partial charge in [-0.15, -0.1) is 0 Å². The van der Waals surface area contributed by atoms with E-state index in [0.29, 0.717) is 10.4 Å². The Hall–Kier alpha value is -2.02. The molecule has 1 amide bonds. The Morgan fingerprint density at radius 1 is 1.12 bits per heavy atom. The summed E-state index contributed by atoms with van der Waals surface area (Å²) in [5.41, 5.74) is -5.68. The molecule has 180 valence electrons. The number of alkyl halides is 6. The molecule has 1 aliphatic heterocycles. The van der Waals surface area contributed by atoms with E-state index in [2.05, 4.69) is 5.32 Å². The highest BCUT2D eigenvalue weighted by Crippen LogP contribution is 2.49. The molecule has 0 aliphatic carbocycles. The third-order valence-corrected chi connectivity index (χ3v) is 6.32. The van der Waals surface area contributed by atoms with Crippen LogP contribution in [0.3, 0.4) is 0 Å². The normalized spacial score (nSPS) is 21.4. The molecule has 1 saturated heterocycles. The molecule has 5 nitrogen and oxygen atoms in total. The lowest BCUT2D eigenvalue weighted by Crippen LogP contribution is -2.46. The van der Waals surface area contributed by atoms with Crippen molar-refractivity contribution in [1.29, 1.82) is 0 Å². The first-order chi connectivity index (χ1) is 15.1. The predicted octanol–water partition coefficient (Wildman–Crippen LogP) is 5.52. The molecule has 3 rings (SSSR count). The molecular weight excluding hydrogens is 521 g/mol. The molecule has 2 unspecified atom stereocenters. The minimum Gasteiger partial charge on any atom is -0.352 e. The first-order valence-electron chi connectivity index (χ1n) is 9.01. The Balaban J connectivity index is 2.07. The van der Waals surface area contributed by atoms with Gasteiger partial charge in [0.2, 0.25) is 11.5 Å². The van der Waals surface area contributed by atoms with Gasteiger partial charge in [0.1, 0.15) is 0 Å². The van der Waals surface area contributed by atoms with Gasteiger partial charge in [-0.3, -0.25) is 13.3 Å². The number of nitrogens with one attached hydrogen (secondary N) is 1. The molecule has 0 aromatic heterocycles. The lowest BCUT2D eigenvalue weighted by Gasteiger charge is -2.29. The summed E-state index contributed by atoms with van der Waals surface area (Å²) in [6.45, 7) is -0.467. The second kappa shape index (κ2) is 8.97. The van der Waals surface area contributed by atoms with Gasteiger partial charge >= 0.3 is 12.4 Å². The first-order valence-corrected chi connectivity index (χ1v) is 10.8. The zero-order valence-corrected chi connectivity index (χ0v) is 18.8. The van der Waals surface area contributed by atoms with Crippen molar-refractivity contribution in [3.8, 4) is 0 Å². The maximum absolute atomic E-state index is 14.1. The van der Waals surface area contributed by atoms with Crippen LogP contribution in [0.2, 0.25) is 10.0 Å². The van der Waals surface area contributed by atoms with Crippen molar-refractivity contribution in [2.24, 2.45) is 0 Å². The molecule has 2 aromatic rings. The Morgan fingerprint density at radius 3 is 2.24 bits per heavy atom. The molecule has 1 N–H and O–H groups in total. The fourth-order valence-corrected chi connectivity index (χ4v) is 4.89. The highest BCUT2D eigenvalue weighted by molar-refractivity contribution is 7.82. The van der Waals surface area contributed by atoms with E-state index in [-0.39, 0.29) is 15.6 Å². The smallest absolute Gasteiger partial charge is 0.352 e. The molecular formula is C19H14Cl2F6N2O3S.